The third kappa shape index (κ3) is 6.14. The maximum atomic E-state index is 12.8. The summed E-state index contributed by atoms with van der Waals surface area (Å²) in [7, 11) is 0. The first-order chi connectivity index (χ1) is 13.6. The Morgan fingerprint density at radius 2 is 2.14 bits per heavy atom. The highest BCUT2D eigenvalue weighted by atomic mass is 16.3. The summed E-state index contributed by atoms with van der Waals surface area (Å²) >= 11 is 0. The molecule has 1 saturated carbocycles. The molecule has 6 nitrogen and oxygen atoms in total. The van der Waals surface area contributed by atoms with Gasteiger partial charge in [-0.1, -0.05) is 31.4 Å². The summed E-state index contributed by atoms with van der Waals surface area (Å²) in [5, 5.41) is 6.89. The smallest absolute Gasteiger partial charge is 0.225 e. The maximum Gasteiger partial charge on any atom is 0.225 e. The van der Waals surface area contributed by atoms with Gasteiger partial charge in [-0.05, 0) is 38.3 Å². The van der Waals surface area contributed by atoms with Crippen LogP contribution in [0, 0.1) is 5.92 Å². The lowest BCUT2D eigenvalue weighted by Gasteiger charge is -2.26. The second-order valence-corrected chi connectivity index (χ2v) is 8.13. The van der Waals surface area contributed by atoms with Gasteiger partial charge in [-0.2, -0.15) is 0 Å². The minimum absolute atomic E-state index is 0.243. The van der Waals surface area contributed by atoms with E-state index in [1.165, 1.54) is 19.3 Å². The predicted octanol–water partition coefficient (Wildman–Crippen LogP) is 3.11. The Hall–Kier alpha value is -2.24. The van der Waals surface area contributed by atoms with Crippen LogP contribution in [0.4, 0.5) is 0 Å². The highest BCUT2D eigenvalue weighted by Gasteiger charge is 2.31. The molecule has 0 spiro atoms. The summed E-state index contributed by atoms with van der Waals surface area (Å²) in [5.41, 5.74) is 1.02. The van der Waals surface area contributed by atoms with Crippen molar-refractivity contribution in [2.75, 3.05) is 26.2 Å². The van der Waals surface area contributed by atoms with Gasteiger partial charge in [0.1, 0.15) is 5.76 Å². The molecule has 2 heterocycles. The molecule has 1 aliphatic carbocycles. The van der Waals surface area contributed by atoms with E-state index in [0.717, 1.165) is 62.6 Å². The molecule has 1 saturated heterocycles. The van der Waals surface area contributed by atoms with Crippen LogP contribution in [0.5, 0.6) is 0 Å². The average Bonchev–Trinajstić information content (AvgIpc) is 3.38. The van der Waals surface area contributed by atoms with Crippen molar-refractivity contribution in [3.8, 4) is 0 Å². The number of carbonyl (C=O) groups is 1. The molecule has 1 aliphatic heterocycles. The van der Waals surface area contributed by atoms with E-state index < -0.39 is 0 Å². The molecule has 3 rings (SSSR count). The highest BCUT2D eigenvalue weighted by molar-refractivity contribution is 5.81. The second kappa shape index (κ2) is 10.3. The van der Waals surface area contributed by atoms with Crippen LogP contribution in [0.1, 0.15) is 51.2 Å². The fraction of sp³-hybridized carbons (Fsp3) is 0.636. The van der Waals surface area contributed by atoms with Gasteiger partial charge in [-0.15, -0.1) is 0 Å². The molecule has 154 valence electrons. The SMILES string of the molecule is C=C(C)CN=C(NCCc1ccco1)NC1CCN(C(=O)C2CCCCC2)C1. The number of furan rings is 1. The van der Waals surface area contributed by atoms with E-state index >= 15 is 0 Å². The van der Waals surface area contributed by atoms with E-state index in [4.69, 9.17) is 4.42 Å². The molecule has 1 aromatic heterocycles. The van der Waals surface area contributed by atoms with Crippen LogP contribution < -0.4 is 10.6 Å². The van der Waals surface area contributed by atoms with Crippen LogP contribution in [0.3, 0.4) is 0 Å². The number of guanidine groups is 1. The standard InChI is InChI=1S/C22H34N4O2/c1-17(2)15-24-22(23-12-10-20-9-6-14-28-20)25-19-11-13-26(16-19)21(27)18-7-4-3-5-8-18/h6,9,14,18-19H,1,3-5,7-8,10-13,15-16H2,2H3,(H2,23,24,25). The Balaban J connectivity index is 1.49. The topological polar surface area (TPSA) is 69.9 Å². The van der Waals surface area contributed by atoms with Gasteiger partial charge in [-0.3, -0.25) is 4.79 Å². The lowest BCUT2D eigenvalue weighted by molar-refractivity contribution is -0.135. The van der Waals surface area contributed by atoms with E-state index in [1.54, 1.807) is 6.26 Å². The number of amides is 1. The minimum Gasteiger partial charge on any atom is -0.469 e. The molecule has 0 bridgehead atoms. The van der Waals surface area contributed by atoms with Crippen LogP contribution in [0.2, 0.25) is 0 Å². The van der Waals surface area contributed by atoms with Crippen molar-refractivity contribution >= 4 is 11.9 Å². The first kappa shape index (κ1) is 20.5. The Morgan fingerprint density at radius 1 is 1.32 bits per heavy atom. The van der Waals surface area contributed by atoms with Crippen molar-refractivity contribution in [1.29, 1.82) is 0 Å². The number of hydrogen-bond acceptors (Lipinski definition) is 3. The first-order valence-electron chi connectivity index (χ1n) is 10.6. The summed E-state index contributed by atoms with van der Waals surface area (Å²) < 4.78 is 5.39. The van der Waals surface area contributed by atoms with Crippen molar-refractivity contribution in [1.82, 2.24) is 15.5 Å². The molecule has 0 aromatic carbocycles. The molecule has 1 amide bonds. The molecule has 0 radical (unpaired) electrons. The Kier molecular flexibility index (Phi) is 7.57. The van der Waals surface area contributed by atoms with Gasteiger partial charge >= 0.3 is 0 Å². The van der Waals surface area contributed by atoms with Gasteiger partial charge in [0.25, 0.3) is 0 Å². The molecular formula is C22H34N4O2. The molecule has 28 heavy (non-hydrogen) atoms. The molecule has 1 atom stereocenters. The predicted molar refractivity (Wildman–Crippen MR) is 112 cm³/mol. The molecule has 2 fully saturated rings. The molecule has 1 aromatic rings. The van der Waals surface area contributed by atoms with Gasteiger partial charge < -0.3 is 20.0 Å². The maximum absolute atomic E-state index is 12.8. The van der Waals surface area contributed by atoms with Gasteiger partial charge in [-0.25, -0.2) is 4.99 Å². The van der Waals surface area contributed by atoms with E-state index in [2.05, 4.69) is 22.2 Å². The van der Waals surface area contributed by atoms with Crippen molar-refractivity contribution in [2.45, 2.75) is 57.9 Å². The average molecular weight is 387 g/mol. The number of rotatable bonds is 7. The van der Waals surface area contributed by atoms with Crippen LogP contribution in [0.25, 0.3) is 0 Å². The van der Waals surface area contributed by atoms with Crippen LogP contribution in [-0.4, -0.2) is 49.0 Å². The van der Waals surface area contributed by atoms with Gasteiger partial charge in [0.2, 0.25) is 5.91 Å². The fourth-order valence-corrected chi connectivity index (χ4v) is 4.00. The Morgan fingerprint density at radius 3 is 2.86 bits per heavy atom. The lowest BCUT2D eigenvalue weighted by Crippen LogP contribution is -2.46. The summed E-state index contributed by atoms with van der Waals surface area (Å²) in [6.45, 7) is 8.85. The van der Waals surface area contributed by atoms with E-state index in [9.17, 15) is 4.79 Å². The number of nitrogens with one attached hydrogen (secondary N) is 2. The van der Waals surface area contributed by atoms with Gasteiger partial charge in [0.15, 0.2) is 5.96 Å². The van der Waals surface area contributed by atoms with Crippen molar-refractivity contribution in [3.63, 3.8) is 0 Å². The summed E-state index contributed by atoms with van der Waals surface area (Å²) in [6, 6.07) is 4.12. The number of nitrogens with zero attached hydrogens (tertiary/aromatic N) is 2. The Bertz CT molecular complexity index is 662. The first-order valence-corrected chi connectivity index (χ1v) is 10.6. The molecule has 2 aliphatic rings. The second-order valence-electron chi connectivity index (χ2n) is 8.13. The minimum atomic E-state index is 0.243. The lowest BCUT2D eigenvalue weighted by atomic mass is 9.88. The number of likely N-dealkylation sites (tertiary alicyclic amines) is 1. The molecular weight excluding hydrogens is 352 g/mol. The number of hydrogen-bond donors (Lipinski definition) is 2. The summed E-state index contributed by atoms with van der Waals surface area (Å²) in [6.07, 6.45) is 9.26. The largest absolute Gasteiger partial charge is 0.469 e. The summed E-state index contributed by atoms with van der Waals surface area (Å²) in [4.78, 5) is 19.5. The van der Waals surface area contributed by atoms with E-state index in [0.29, 0.717) is 12.5 Å². The van der Waals surface area contributed by atoms with E-state index in [-0.39, 0.29) is 12.0 Å². The van der Waals surface area contributed by atoms with Gasteiger partial charge in [0.05, 0.1) is 12.8 Å². The quantitative estimate of drug-likeness (QED) is 0.429. The third-order valence-corrected chi connectivity index (χ3v) is 5.55. The zero-order valence-corrected chi connectivity index (χ0v) is 17.1. The monoisotopic (exact) mass is 386 g/mol. The van der Waals surface area contributed by atoms with Crippen LogP contribution >= 0.6 is 0 Å². The molecule has 2 N–H and O–H groups in total. The normalized spacial score (nSPS) is 21.0. The van der Waals surface area contributed by atoms with Crippen LogP contribution in [-0.2, 0) is 11.2 Å². The number of aliphatic imine (C=N–C) groups is 1. The number of carbonyl (C=O) groups excluding carboxylic acids is 1. The molecule has 6 heteroatoms. The van der Waals surface area contributed by atoms with Crippen molar-refractivity contribution < 1.29 is 9.21 Å². The summed E-state index contributed by atoms with van der Waals surface area (Å²) in [5.74, 6) is 2.34. The zero-order valence-electron chi connectivity index (χ0n) is 17.1. The zero-order chi connectivity index (χ0) is 19.8. The van der Waals surface area contributed by atoms with E-state index in [1.807, 2.05) is 24.0 Å². The fourth-order valence-electron chi connectivity index (χ4n) is 4.00. The van der Waals surface area contributed by atoms with Crippen LogP contribution in [0.15, 0.2) is 40.0 Å². The molecule has 1 unspecified atom stereocenters. The van der Waals surface area contributed by atoms with Crippen molar-refractivity contribution in [2.24, 2.45) is 10.9 Å². The Labute approximate surface area is 168 Å². The van der Waals surface area contributed by atoms with Crippen molar-refractivity contribution in [3.05, 3.63) is 36.3 Å². The highest BCUT2D eigenvalue weighted by Crippen LogP contribution is 2.26. The third-order valence-electron chi connectivity index (χ3n) is 5.55. The van der Waals surface area contributed by atoms with Gasteiger partial charge in [0, 0.05) is 38.0 Å².